The van der Waals surface area contributed by atoms with E-state index in [1.165, 1.54) is 0 Å². The first-order valence-electron chi connectivity index (χ1n) is 11.7. The minimum absolute atomic E-state index is 0.0519. The summed E-state index contributed by atoms with van der Waals surface area (Å²) in [6, 6.07) is 30.7. The summed E-state index contributed by atoms with van der Waals surface area (Å²) in [7, 11) is 0. The van der Waals surface area contributed by atoms with Crippen molar-refractivity contribution in [3.8, 4) is 23.0 Å². The van der Waals surface area contributed by atoms with E-state index in [2.05, 4.69) is 36.4 Å². The summed E-state index contributed by atoms with van der Waals surface area (Å²) >= 11 is 0. The van der Waals surface area contributed by atoms with Gasteiger partial charge in [-0.2, -0.15) is 0 Å². The Balaban J connectivity index is 1.37. The van der Waals surface area contributed by atoms with Crippen LogP contribution >= 0.6 is 0 Å². The van der Waals surface area contributed by atoms with E-state index in [9.17, 15) is 0 Å². The Bertz CT molecular complexity index is 1890. The van der Waals surface area contributed by atoms with Gasteiger partial charge in [0.1, 0.15) is 45.3 Å². The molecule has 2 aliphatic heterocycles. The smallest absolute Gasteiger partial charge is 0.261 e. The largest absolute Gasteiger partial charge is 0.458 e. The van der Waals surface area contributed by atoms with Crippen molar-refractivity contribution in [3.63, 3.8) is 0 Å². The Morgan fingerprint density at radius 2 is 0.943 bits per heavy atom. The third-order valence-corrected chi connectivity index (χ3v) is 7.39. The standard InChI is InChI=1S/C30H15BO4/c1-3-8-22-16(6-1)18-12-28-20(14-26(18)32-22)31-21-15-27-19(17-7-2-4-9-23(17)33-27)13-29(21)35-25-11-5-10-24(34-28)30(25)31/h1-15H. The molecule has 0 atom stereocenters. The number of rotatable bonds is 0. The molecule has 0 saturated heterocycles. The summed E-state index contributed by atoms with van der Waals surface area (Å²) in [6.45, 7) is -0.0519. The number of hydrogen-bond donors (Lipinski definition) is 0. The van der Waals surface area contributed by atoms with Gasteiger partial charge in [0, 0.05) is 27.0 Å². The SMILES string of the molecule is c1cc2c3c(c1)Oc1cc4c(cc1B3c1cc3oc5ccccc5c3cc1O2)oc1ccccc14. The normalized spacial score (nSPS) is 13.5. The maximum atomic E-state index is 6.46. The molecule has 0 amide bonds. The molecule has 0 N–H and O–H groups in total. The molecule has 4 heterocycles. The number of furan rings is 2. The van der Waals surface area contributed by atoms with Crippen molar-refractivity contribution in [1.82, 2.24) is 0 Å². The molecule has 2 aromatic heterocycles. The molecular formula is C30H15BO4. The van der Waals surface area contributed by atoms with Crippen LogP contribution in [-0.2, 0) is 0 Å². The first-order chi connectivity index (χ1) is 17.3. The fourth-order valence-electron chi connectivity index (χ4n) is 5.86. The Hall–Kier alpha value is -4.64. The average molecular weight is 450 g/mol. The van der Waals surface area contributed by atoms with E-state index in [4.69, 9.17) is 18.3 Å². The lowest BCUT2D eigenvalue weighted by molar-refractivity contribution is 0.465. The lowest BCUT2D eigenvalue weighted by Gasteiger charge is -2.32. The van der Waals surface area contributed by atoms with Crippen LogP contribution in [0.2, 0.25) is 0 Å². The molecule has 7 aromatic rings. The Kier molecular flexibility index (Phi) is 3.09. The molecule has 35 heavy (non-hydrogen) atoms. The number of fused-ring (bicyclic) bond motifs is 10. The molecule has 2 aliphatic rings. The van der Waals surface area contributed by atoms with Gasteiger partial charge in [0.25, 0.3) is 6.71 Å². The highest BCUT2D eigenvalue weighted by Crippen LogP contribution is 2.39. The van der Waals surface area contributed by atoms with E-state index >= 15 is 0 Å². The molecule has 0 bridgehead atoms. The van der Waals surface area contributed by atoms with E-state index in [1.807, 2.05) is 54.6 Å². The van der Waals surface area contributed by atoms with Gasteiger partial charge in [0.05, 0.1) is 0 Å². The second-order valence-corrected chi connectivity index (χ2v) is 9.27. The molecule has 4 nitrogen and oxygen atoms in total. The molecule has 0 spiro atoms. The van der Waals surface area contributed by atoms with Crippen molar-refractivity contribution in [2.24, 2.45) is 0 Å². The van der Waals surface area contributed by atoms with Crippen LogP contribution in [0.4, 0.5) is 0 Å². The first kappa shape index (κ1) is 17.8. The van der Waals surface area contributed by atoms with Crippen LogP contribution < -0.4 is 25.9 Å². The van der Waals surface area contributed by atoms with Gasteiger partial charge >= 0.3 is 0 Å². The van der Waals surface area contributed by atoms with Crippen molar-refractivity contribution in [2.75, 3.05) is 0 Å². The highest BCUT2D eigenvalue weighted by Gasteiger charge is 2.41. The van der Waals surface area contributed by atoms with Crippen LogP contribution in [0, 0.1) is 0 Å². The second kappa shape index (κ2) is 6.07. The minimum atomic E-state index is -0.0519. The Morgan fingerprint density at radius 3 is 1.49 bits per heavy atom. The quantitative estimate of drug-likeness (QED) is 0.258. The summed E-state index contributed by atoms with van der Waals surface area (Å²) in [5.41, 5.74) is 6.63. The van der Waals surface area contributed by atoms with Crippen LogP contribution in [0.25, 0.3) is 43.9 Å². The van der Waals surface area contributed by atoms with Gasteiger partial charge in [0.15, 0.2) is 0 Å². The van der Waals surface area contributed by atoms with Gasteiger partial charge in [-0.25, -0.2) is 0 Å². The zero-order chi connectivity index (χ0) is 22.7. The van der Waals surface area contributed by atoms with E-state index in [-0.39, 0.29) is 6.71 Å². The monoisotopic (exact) mass is 450 g/mol. The zero-order valence-electron chi connectivity index (χ0n) is 18.4. The van der Waals surface area contributed by atoms with E-state index < -0.39 is 0 Å². The highest BCUT2D eigenvalue weighted by molar-refractivity contribution is 6.98. The zero-order valence-corrected chi connectivity index (χ0v) is 18.4. The minimum Gasteiger partial charge on any atom is -0.458 e. The molecule has 0 radical (unpaired) electrons. The summed E-state index contributed by atoms with van der Waals surface area (Å²) in [5.74, 6) is 3.33. The summed E-state index contributed by atoms with van der Waals surface area (Å²) in [6.07, 6.45) is 0. The average Bonchev–Trinajstić information content (AvgIpc) is 3.43. The van der Waals surface area contributed by atoms with E-state index in [1.54, 1.807) is 0 Å². The lowest BCUT2D eigenvalue weighted by Crippen LogP contribution is -2.57. The first-order valence-corrected chi connectivity index (χ1v) is 11.7. The molecule has 162 valence electrons. The number of para-hydroxylation sites is 2. The van der Waals surface area contributed by atoms with Gasteiger partial charge in [-0.05, 0) is 59.5 Å². The maximum Gasteiger partial charge on any atom is 0.261 e. The summed E-state index contributed by atoms with van der Waals surface area (Å²) in [4.78, 5) is 0. The van der Waals surface area contributed by atoms with Crippen LogP contribution in [0.1, 0.15) is 0 Å². The highest BCUT2D eigenvalue weighted by atomic mass is 16.5. The van der Waals surface area contributed by atoms with Crippen LogP contribution in [0.15, 0.2) is 99.8 Å². The van der Waals surface area contributed by atoms with Crippen molar-refractivity contribution in [1.29, 1.82) is 0 Å². The predicted molar refractivity (Wildman–Crippen MR) is 139 cm³/mol. The van der Waals surface area contributed by atoms with Crippen LogP contribution in [-0.4, -0.2) is 6.71 Å². The molecule has 0 aliphatic carbocycles. The third-order valence-electron chi connectivity index (χ3n) is 7.39. The molecule has 0 saturated carbocycles. The van der Waals surface area contributed by atoms with Gasteiger partial charge in [-0.15, -0.1) is 0 Å². The molecular weight excluding hydrogens is 435 g/mol. The van der Waals surface area contributed by atoms with Crippen molar-refractivity contribution >= 4 is 67.0 Å². The van der Waals surface area contributed by atoms with Crippen molar-refractivity contribution < 1.29 is 18.3 Å². The molecule has 0 unspecified atom stereocenters. The van der Waals surface area contributed by atoms with Gasteiger partial charge in [-0.3, -0.25) is 0 Å². The second-order valence-electron chi connectivity index (χ2n) is 9.27. The number of ether oxygens (including phenoxy) is 2. The number of benzene rings is 5. The van der Waals surface area contributed by atoms with Gasteiger partial charge in [-0.1, -0.05) is 42.5 Å². The van der Waals surface area contributed by atoms with Crippen molar-refractivity contribution in [3.05, 3.63) is 91.0 Å². The molecule has 9 rings (SSSR count). The molecule has 5 aromatic carbocycles. The molecule has 0 fully saturated rings. The summed E-state index contributed by atoms with van der Waals surface area (Å²) < 4.78 is 25.4. The topological polar surface area (TPSA) is 44.7 Å². The maximum absolute atomic E-state index is 6.46. The summed E-state index contributed by atoms with van der Waals surface area (Å²) in [5, 5.41) is 4.28. The molecule has 5 heteroatoms. The van der Waals surface area contributed by atoms with E-state index in [0.717, 1.165) is 83.3 Å². The van der Waals surface area contributed by atoms with E-state index in [0.29, 0.717) is 0 Å². The third kappa shape index (κ3) is 2.23. The number of hydrogen-bond acceptors (Lipinski definition) is 4. The van der Waals surface area contributed by atoms with Crippen LogP contribution in [0.3, 0.4) is 0 Å². The Morgan fingerprint density at radius 1 is 0.429 bits per heavy atom. The van der Waals surface area contributed by atoms with Crippen LogP contribution in [0.5, 0.6) is 23.0 Å². The van der Waals surface area contributed by atoms with Gasteiger partial charge < -0.3 is 18.3 Å². The Labute approximate surface area is 199 Å². The van der Waals surface area contributed by atoms with Gasteiger partial charge in [0.2, 0.25) is 0 Å². The fourth-order valence-corrected chi connectivity index (χ4v) is 5.86. The van der Waals surface area contributed by atoms with Crippen molar-refractivity contribution in [2.45, 2.75) is 0 Å². The predicted octanol–water partition coefficient (Wildman–Crippen LogP) is 6.21. The lowest BCUT2D eigenvalue weighted by atomic mass is 9.35. The fraction of sp³-hybridized carbons (Fsp3) is 0.